The molecule has 4 nitrogen and oxygen atoms in total. The van der Waals surface area contributed by atoms with Gasteiger partial charge in [0.25, 0.3) is 0 Å². The number of anilines is 1. The summed E-state index contributed by atoms with van der Waals surface area (Å²) in [6.45, 7) is 8.95. The van der Waals surface area contributed by atoms with Gasteiger partial charge in [-0.1, -0.05) is 19.1 Å². The van der Waals surface area contributed by atoms with Gasteiger partial charge in [0.1, 0.15) is 12.1 Å². The van der Waals surface area contributed by atoms with Crippen LogP contribution >= 0.6 is 0 Å². The van der Waals surface area contributed by atoms with Crippen molar-refractivity contribution in [1.82, 2.24) is 9.97 Å². The Kier molecular flexibility index (Phi) is 3.34. The highest BCUT2D eigenvalue weighted by molar-refractivity contribution is 5.91. The van der Waals surface area contributed by atoms with Gasteiger partial charge >= 0.3 is 0 Å². The molecule has 1 unspecified atom stereocenters. The fraction of sp³-hybridized carbons (Fsp3) is 0.500. The number of ether oxygens (including phenoxy) is 1. The minimum Gasteiger partial charge on any atom is -0.372 e. The van der Waals surface area contributed by atoms with E-state index in [1.54, 1.807) is 6.33 Å². The zero-order valence-corrected chi connectivity index (χ0v) is 12.4. The molecule has 0 spiro atoms. The van der Waals surface area contributed by atoms with E-state index in [2.05, 4.69) is 53.8 Å². The summed E-state index contributed by atoms with van der Waals surface area (Å²) in [7, 11) is 0. The maximum atomic E-state index is 5.92. The maximum Gasteiger partial charge on any atom is 0.140 e. The van der Waals surface area contributed by atoms with E-state index >= 15 is 0 Å². The first-order chi connectivity index (χ1) is 9.63. The number of rotatable bonds is 2. The second-order valence-electron chi connectivity index (χ2n) is 5.74. The number of fused-ring (bicyclic) bond motifs is 1. The number of morpholine rings is 1. The Morgan fingerprint density at radius 2 is 2.20 bits per heavy atom. The zero-order chi connectivity index (χ0) is 14.2. The summed E-state index contributed by atoms with van der Waals surface area (Å²) in [6, 6.07) is 6.27. The van der Waals surface area contributed by atoms with Crippen LogP contribution in [-0.4, -0.2) is 35.3 Å². The molecule has 1 atom stereocenters. The first-order valence-electron chi connectivity index (χ1n) is 7.22. The molecular formula is C16H21N3O. The van der Waals surface area contributed by atoms with E-state index < -0.39 is 0 Å². The van der Waals surface area contributed by atoms with Crippen LogP contribution < -0.4 is 4.90 Å². The van der Waals surface area contributed by atoms with E-state index in [1.807, 2.05) is 0 Å². The van der Waals surface area contributed by atoms with Crippen molar-refractivity contribution in [2.75, 3.05) is 24.6 Å². The Balaban J connectivity index is 2.04. The Labute approximate surface area is 119 Å². The van der Waals surface area contributed by atoms with Crippen LogP contribution in [0.15, 0.2) is 24.5 Å². The fourth-order valence-corrected chi connectivity index (χ4v) is 2.80. The van der Waals surface area contributed by atoms with Gasteiger partial charge in [0.05, 0.1) is 17.7 Å². The molecule has 1 aliphatic rings. The summed E-state index contributed by atoms with van der Waals surface area (Å²) >= 11 is 0. The highest BCUT2D eigenvalue weighted by Gasteiger charge is 2.31. The molecule has 0 N–H and O–H groups in total. The van der Waals surface area contributed by atoms with Crippen molar-refractivity contribution in [2.45, 2.75) is 32.8 Å². The lowest BCUT2D eigenvalue weighted by Gasteiger charge is -2.40. The third-order valence-corrected chi connectivity index (χ3v) is 4.23. The van der Waals surface area contributed by atoms with E-state index in [4.69, 9.17) is 4.74 Å². The Morgan fingerprint density at radius 3 is 3.00 bits per heavy atom. The van der Waals surface area contributed by atoms with Crippen molar-refractivity contribution in [3.63, 3.8) is 0 Å². The number of nitrogens with zero attached hydrogens (tertiary/aromatic N) is 3. The molecule has 0 radical (unpaired) electrons. The molecular weight excluding hydrogens is 250 g/mol. The smallest absolute Gasteiger partial charge is 0.140 e. The van der Waals surface area contributed by atoms with Gasteiger partial charge in [-0.15, -0.1) is 0 Å². The van der Waals surface area contributed by atoms with Crippen LogP contribution in [0, 0.1) is 6.92 Å². The van der Waals surface area contributed by atoms with Crippen molar-refractivity contribution in [2.24, 2.45) is 0 Å². The van der Waals surface area contributed by atoms with Crippen molar-refractivity contribution in [3.8, 4) is 0 Å². The van der Waals surface area contributed by atoms with E-state index in [1.165, 1.54) is 5.56 Å². The quantitative estimate of drug-likeness (QED) is 0.841. The topological polar surface area (TPSA) is 38.2 Å². The normalized spacial score (nSPS) is 23.2. The standard InChI is InChI=1S/C16H21N3O/c1-4-16(3)10-19(8-9-20-16)15-13-7-5-6-12(2)14(13)17-11-18-15/h5-7,11H,4,8-10H2,1-3H3. The molecule has 0 bridgehead atoms. The van der Waals surface area contributed by atoms with Crippen LogP contribution in [0.2, 0.25) is 0 Å². The van der Waals surface area contributed by atoms with Gasteiger partial charge in [-0.2, -0.15) is 0 Å². The third-order valence-electron chi connectivity index (χ3n) is 4.23. The van der Waals surface area contributed by atoms with Gasteiger partial charge in [0, 0.05) is 18.5 Å². The van der Waals surface area contributed by atoms with E-state index in [0.717, 1.165) is 42.8 Å². The van der Waals surface area contributed by atoms with Crippen molar-refractivity contribution < 1.29 is 4.74 Å². The number of benzene rings is 1. The summed E-state index contributed by atoms with van der Waals surface area (Å²) in [5.74, 6) is 1.03. The number of hydrogen-bond acceptors (Lipinski definition) is 4. The Bertz CT molecular complexity index is 628. The lowest BCUT2D eigenvalue weighted by molar-refractivity contribution is -0.0442. The monoisotopic (exact) mass is 271 g/mol. The van der Waals surface area contributed by atoms with Crippen molar-refractivity contribution in [1.29, 1.82) is 0 Å². The van der Waals surface area contributed by atoms with Crippen LogP contribution in [-0.2, 0) is 4.74 Å². The number of aryl methyl sites for hydroxylation is 1. The first kappa shape index (κ1) is 13.3. The second kappa shape index (κ2) is 5.02. The van der Waals surface area contributed by atoms with Gasteiger partial charge in [0.2, 0.25) is 0 Å². The highest BCUT2D eigenvalue weighted by atomic mass is 16.5. The first-order valence-corrected chi connectivity index (χ1v) is 7.22. The Morgan fingerprint density at radius 1 is 1.35 bits per heavy atom. The minimum absolute atomic E-state index is 0.0840. The van der Waals surface area contributed by atoms with Crippen LogP contribution in [0.1, 0.15) is 25.8 Å². The lowest BCUT2D eigenvalue weighted by Crippen LogP contribution is -2.50. The second-order valence-corrected chi connectivity index (χ2v) is 5.74. The molecule has 1 saturated heterocycles. The van der Waals surface area contributed by atoms with Crippen molar-refractivity contribution in [3.05, 3.63) is 30.1 Å². The predicted octanol–water partition coefficient (Wildman–Crippen LogP) is 2.94. The molecule has 2 aromatic rings. The minimum atomic E-state index is -0.0840. The number of aromatic nitrogens is 2. The van der Waals surface area contributed by atoms with Gasteiger partial charge in [-0.05, 0) is 31.9 Å². The number of hydrogen-bond donors (Lipinski definition) is 0. The summed E-state index contributed by atoms with van der Waals surface area (Å²) in [4.78, 5) is 11.3. The zero-order valence-electron chi connectivity index (χ0n) is 12.4. The molecule has 1 aliphatic heterocycles. The van der Waals surface area contributed by atoms with Gasteiger partial charge in [-0.25, -0.2) is 9.97 Å². The van der Waals surface area contributed by atoms with Gasteiger partial charge in [-0.3, -0.25) is 0 Å². The van der Waals surface area contributed by atoms with E-state index in [0.29, 0.717) is 0 Å². The van der Waals surface area contributed by atoms with Crippen LogP contribution in [0.3, 0.4) is 0 Å². The van der Waals surface area contributed by atoms with Crippen LogP contribution in [0.4, 0.5) is 5.82 Å². The summed E-state index contributed by atoms with van der Waals surface area (Å²) < 4.78 is 5.92. The highest BCUT2D eigenvalue weighted by Crippen LogP contribution is 2.29. The molecule has 3 rings (SSSR count). The molecule has 1 aromatic heterocycles. The molecule has 4 heteroatoms. The summed E-state index contributed by atoms with van der Waals surface area (Å²) in [5, 5.41) is 1.13. The Hall–Kier alpha value is -1.68. The van der Waals surface area contributed by atoms with E-state index in [9.17, 15) is 0 Å². The van der Waals surface area contributed by atoms with Crippen LogP contribution in [0.25, 0.3) is 10.9 Å². The molecule has 0 saturated carbocycles. The van der Waals surface area contributed by atoms with Gasteiger partial charge < -0.3 is 9.64 Å². The van der Waals surface area contributed by atoms with Crippen molar-refractivity contribution >= 4 is 16.7 Å². The summed E-state index contributed by atoms with van der Waals surface area (Å²) in [5.41, 5.74) is 2.15. The molecule has 0 aliphatic carbocycles. The van der Waals surface area contributed by atoms with E-state index in [-0.39, 0.29) is 5.60 Å². The summed E-state index contributed by atoms with van der Waals surface area (Å²) in [6.07, 6.45) is 2.68. The molecule has 1 aromatic carbocycles. The molecule has 20 heavy (non-hydrogen) atoms. The van der Waals surface area contributed by atoms with Crippen LogP contribution in [0.5, 0.6) is 0 Å². The number of para-hydroxylation sites is 1. The third kappa shape index (κ3) is 2.24. The average molecular weight is 271 g/mol. The predicted molar refractivity (Wildman–Crippen MR) is 81.1 cm³/mol. The lowest BCUT2D eigenvalue weighted by atomic mass is 10.0. The average Bonchev–Trinajstić information content (AvgIpc) is 2.47. The molecule has 0 amide bonds. The molecule has 106 valence electrons. The van der Waals surface area contributed by atoms with Gasteiger partial charge in [0.15, 0.2) is 0 Å². The largest absolute Gasteiger partial charge is 0.372 e. The SMILES string of the molecule is CCC1(C)CN(c2ncnc3c(C)cccc23)CCO1. The molecule has 2 heterocycles. The maximum absolute atomic E-state index is 5.92. The molecule has 1 fully saturated rings. The fourth-order valence-electron chi connectivity index (χ4n) is 2.80.